The minimum Gasteiger partial charge on any atom is -0.497 e. The van der Waals surface area contributed by atoms with Crippen LogP contribution in [0.15, 0.2) is 36.7 Å². The van der Waals surface area contributed by atoms with Crippen LogP contribution in [0.2, 0.25) is 0 Å². The van der Waals surface area contributed by atoms with E-state index < -0.39 is 0 Å². The Kier molecular flexibility index (Phi) is 3.67. The Labute approximate surface area is 107 Å². The number of benzene rings is 1. The van der Waals surface area contributed by atoms with Crippen molar-refractivity contribution < 1.29 is 4.74 Å². The molecule has 2 rings (SSSR count). The van der Waals surface area contributed by atoms with Gasteiger partial charge in [0.15, 0.2) is 0 Å². The van der Waals surface area contributed by atoms with Crippen molar-refractivity contribution in [3.8, 4) is 5.75 Å². The van der Waals surface area contributed by atoms with E-state index in [1.807, 2.05) is 55.2 Å². The summed E-state index contributed by atoms with van der Waals surface area (Å²) in [5.74, 6) is 0.835. The van der Waals surface area contributed by atoms with Crippen molar-refractivity contribution in [1.82, 2.24) is 9.78 Å². The molecule has 4 nitrogen and oxygen atoms in total. The van der Waals surface area contributed by atoms with Crippen molar-refractivity contribution in [2.24, 2.45) is 5.73 Å². The van der Waals surface area contributed by atoms with Gasteiger partial charge in [0.05, 0.1) is 19.3 Å². The predicted octanol–water partition coefficient (Wildman–Crippen LogP) is 2.14. The van der Waals surface area contributed by atoms with Crippen molar-refractivity contribution in [3.63, 3.8) is 0 Å². The third kappa shape index (κ3) is 2.54. The Hall–Kier alpha value is -1.81. The second kappa shape index (κ2) is 5.23. The van der Waals surface area contributed by atoms with Gasteiger partial charge < -0.3 is 10.5 Å². The molecule has 0 fully saturated rings. The largest absolute Gasteiger partial charge is 0.497 e. The molecule has 0 saturated heterocycles. The lowest BCUT2D eigenvalue weighted by Crippen LogP contribution is -2.30. The zero-order valence-corrected chi connectivity index (χ0v) is 11.0. The van der Waals surface area contributed by atoms with Crippen LogP contribution in [0, 0.1) is 6.92 Å². The Balaban J connectivity index is 2.41. The number of methoxy groups -OCH3 is 1. The molecule has 0 saturated carbocycles. The zero-order valence-electron chi connectivity index (χ0n) is 11.0. The third-order valence-electron chi connectivity index (χ3n) is 2.95. The minimum atomic E-state index is -0.0311. The third-order valence-corrected chi connectivity index (χ3v) is 2.95. The van der Waals surface area contributed by atoms with Crippen LogP contribution in [-0.2, 0) is 0 Å². The van der Waals surface area contributed by atoms with Gasteiger partial charge in [-0.15, -0.1) is 0 Å². The van der Waals surface area contributed by atoms with Crippen LogP contribution in [0.5, 0.6) is 5.75 Å². The van der Waals surface area contributed by atoms with Crippen molar-refractivity contribution in [2.45, 2.75) is 25.9 Å². The van der Waals surface area contributed by atoms with Crippen LogP contribution in [0.4, 0.5) is 0 Å². The van der Waals surface area contributed by atoms with Crippen LogP contribution >= 0.6 is 0 Å². The summed E-state index contributed by atoms with van der Waals surface area (Å²) in [5, 5.41) is 4.37. The molecule has 4 heteroatoms. The summed E-state index contributed by atoms with van der Waals surface area (Å²) in [6.45, 7) is 4.01. The van der Waals surface area contributed by atoms with E-state index in [1.165, 1.54) is 0 Å². The number of nitrogens with two attached hydrogens (primary N) is 1. The summed E-state index contributed by atoms with van der Waals surface area (Å²) in [5.41, 5.74) is 8.33. The highest BCUT2D eigenvalue weighted by Gasteiger charge is 2.19. The summed E-state index contributed by atoms with van der Waals surface area (Å²) >= 11 is 0. The Bertz CT molecular complexity index is 519. The smallest absolute Gasteiger partial charge is 0.119 e. The van der Waals surface area contributed by atoms with Gasteiger partial charge in [-0.3, -0.25) is 4.68 Å². The number of aryl methyl sites for hydroxylation is 1. The molecule has 0 spiro atoms. The first-order valence-corrected chi connectivity index (χ1v) is 6.02. The lowest BCUT2D eigenvalue weighted by Gasteiger charge is -2.22. The molecule has 96 valence electrons. The highest BCUT2D eigenvalue weighted by atomic mass is 16.5. The molecule has 1 aromatic carbocycles. The normalized spacial score (nSPS) is 14.2. The van der Waals surface area contributed by atoms with Gasteiger partial charge in [-0.2, -0.15) is 5.10 Å². The Morgan fingerprint density at radius 3 is 2.72 bits per heavy atom. The average Bonchev–Trinajstić information content (AvgIpc) is 2.75. The summed E-state index contributed by atoms with van der Waals surface area (Å²) in [4.78, 5) is 0. The van der Waals surface area contributed by atoms with Crippen LogP contribution in [0.3, 0.4) is 0 Å². The molecule has 0 aliphatic heterocycles. The molecular formula is C14H19N3O. The first kappa shape index (κ1) is 12.6. The molecule has 0 bridgehead atoms. The van der Waals surface area contributed by atoms with E-state index in [9.17, 15) is 0 Å². The number of ether oxygens (including phenoxy) is 1. The highest BCUT2D eigenvalue weighted by Crippen LogP contribution is 2.24. The lowest BCUT2D eigenvalue weighted by atomic mass is 10.0. The molecule has 0 aliphatic carbocycles. The molecule has 1 heterocycles. The van der Waals surface area contributed by atoms with E-state index in [-0.39, 0.29) is 12.1 Å². The number of hydrogen-bond acceptors (Lipinski definition) is 3. The van der Waals surface area contributed by atoms with Gasteiger partial charge in [0.2, 0.25) is 0 Å². The van der Waals surface area contributed by atoms with Gasteiger partial charge in [0.25, 0.3) is 0 Å². The maximum atomic E-state index is 6.10. The standard InChI is InChI=1S/C14H19N3O/c1-10-8-16-17(9-10)14(11(2)15)12-5-4-6-13(7-12)18-3/h4-9,11,14H,15H2,1-3H3. The summed E-state index contributed by atoms with van der Waals surface area (Å²) < 4.78 is 7.17. The Morgan fingerprint density at radius 1 is 1.39 bits per heavy atom. The average molecular weight is 245 g/mol. The molecule has 2 aromatic rings. The van der Waals surface area contributed by atoms with Gasteiger partial charge in [-0.05, 0) is 37.1 Å². The van der Waals surface area contributed by atoms with Crippen LogP contribution < -0.4 is 10.5 Å². The monoisotopic (exact) mass is 245 g/mol. The van der Waals surface area contributed by atoms with Crippen LogP contribution in [0.1, 0.15) is 24.1 Å². The molecule has 2 unspecified atom stereocenters. The molecule has 2 N–H and O–H groups in total. The van der Waals surface area contributed by atoms with Crippen LogP contribution in [-0.4, -0.2) is 22.9 Å². The molecule has 0 aliphatic rings. The van der Waals surface area contributed by atoms with Gasteiger partial charge >= 0.3 is 0 Å². The van der Waals surface area contributed by atoms with Gasteiger partial charge in [-0.1, -0.05) is 12.1 Å². The fraction of sp³-hybridized carbons (Fsp3) is 0.357. The van der Waals surface area contributed by atoms with Crippen molar-refractivity contribution >= 4 is 0 Å². The summed E-state index contributed by atoms with van der Waals surface area (Å²) in [6, 6.07) is 7.94. The van der Waals surface area contributed by atoms with Crippen molar-refractivity contribution in [1.29, 1.82) is 0 Å². The molecule has 0 radical (unpaired) electrons. The predicted molar refractivity (Wildman–Crippen MR) is 71.7 cm³/mol. The Morgan fingerprint density at radius 2 is 2.17 bits per heavy atom. The van der Waals surface area contributed by atoms with Gasteiger partial charge in [0.1, 0.15) is 5.75 Å². The number of aromatic nitrogens is 2. The molecule has 1 aromatic heterocycles. The second-order valence-electron chi connectivity index (χ2n) is 4.58. The zero-order chi connectivity index (χ0) is 13.1. The first-order valence-electron chi connectivity index (χ1n) is 6.02. The van der Waals surface area contributed by atoms with E-state index in [0.29, 0.717) is 0 Å². The maximum absolute atomic E-state index is 6.10. The minimum absolute atomic E-state index is 0.0220. The SMILES string of the molecule is COc1cccc(C(C(C)N)n2cc(C)cn2)c1. The second-order valence-corrected chi connectivity index (χ2v) is 4.58. The molecular weight excluding hydrogens is 226 g/mol. The quantitative estimate of drug-likeness (QED) is 0.897. The topological polar surface area (TPSA) is 53.1 Å². The molecule has 0 amide bonds. The lowest BCUT2D eigenvalue weighted by molar-refractivity contribution is 0.409. The molecule has 2 atom stereocenters. The van der Waals surface area contributed by atoms with Crippen molar-refractivity contribution in [3.05, 3.63) is 47.8 Å². The summed E-state index contributed by atoms with van der Waals surface area (Å²) in [7, 11) is 1.66. The maximum Gasteiger partial charge on any atom is 0.119 e. The van der Waals surface area contributed by atoms with E-state index in [2.05, 4.69) is 5.10 Å². The van der Waals surface area contributed by atoms with E-state index in [0.717, 1.165) is 16.9 Å². The van der Waals surface area contributed by atoms with Gasteiger partial charge in [-0.25, -0.2) is 0 Å². The first-order chi connectivity index (χ1) is 8.61. The fourth-order valence-electron chi connectivity index (χ4n) is 2.11. The van der Waals surface area contributed by atoms with Crippen LogP contribution in [0.25, 0.3) is 0 Å². The summed E-state index contributed by atoms with van der Waals surface area (Å²) in [6.07, 6.45) is 3.85. The fourth-order valence-corrected chi connectivity index (χ4v) is 2.11. The molecule has 18 heavy (non-hydrogen) atoms. The van der Waals surface area contributed by atoms with Crippen molar-refractivity contribution in [2.75, 3.05) is 7.11 Å². The van der Waals surface area contributed by atoms with Gasteiger partial charge in [0, 0.05) is 12.2 Å². The number of nitrogens with zero attached hydrogens (tertiary/aromatic N) is 2. The van der Waals surface area contributed by atoms with E-state index in [4.69, 9.17) is 10.5 Å². The van der Waals surface area contributed by atoms with E-state index in [1.54, 1.807) is 7.11 Å². The number of hydrogen-bond donors (Lipinski definition) is 1. The number of rotatable bonds is 4. The van der Waals surface area contributed by atoms with E-state index >= 15 is 0 Å². The highest BCUT2D eigenvalue weighted by molar-refractivity contribution is 5.31.